The highest BCUT2D eigenvalue weighted by Crippen LogP contribution is 2.31. The fraction of sp³-hybridized carbons (Fsp3) is 0.571. The van der Waals surface area contributed by atoms with Crippen molar-refractivity contribution in [1.29, 1.82) is 0 Å². The molecule has 1 aliphatic heterocycles. The van der Waals surface area contributed by atoms with Gasteiger partial charge in [-0.1, -0.05) is 0 Å². The molecule has 0 radical (unpaired) electrons. The molecular weight excluding hydrogens is 317 g/mol. The summed E-state index contributed by atoms with van der Waals surface area (Å²) in [6, 6.07) is 3.59. The van der Waals surface area contributed by atoms with Crippen LogP contribution in [0.4, 0.5) is 13.2 Å². The molecule has 1 aromatic heterocycles. The number of hydrogen-bond donors (Lipinski definition) is 1. The molecule has 2 rings (SSSR count). The molecule has 1 amide bonds. The first-order valence-electron chi connectivity index (χ1n) is 6.93. The van der Waals surface area contributed by atoms with E-state index in [9.17, 15) is 23.1 Å². The SMILES string of the molecule is O=C(CSc1ccncc1)N1CCC(C(O)C(F)(F)F)CC1. The van der Waals surface area contributed by atoms with E-state index in [0.717, 1.165) is 4.90 Å². The van der Waals surface area contributed by atoms with Crippen LogP contribution in [0.1, 0.15) is 12.8 Å². The third kappa shape index (κ3) is 4.61. The van der Waals surface area contributed by atoms with Gasteiger partial charge in [0.25, 0.3) is 0 Å². The van der Waals surface area contributed by atoms with Gasteiger partial charge in [0.15, 0.2) is 6.10 Å². The minimum absolute atomic E-state index is 0.0956. The van der Waals surface area contributed by atoms with Crippen LogP contribution in [-0.2, 0) is 4.79 Å². The number of nitrogens with zero attached hydrogens (tertiary/aromatic N) is 2. The number of thioether (sulfide) groups is 1. The van der Waals surface area contributed by atoms with Crippen molar-refractivity contribution in [1.82, 2.24) is 9.88 Å². The van der Waals surface area contributed by atoms with Gasteiger partial charge in [-0.25, -0.2) is 0 Å². The number of likely N-dealkylation sites (tertiary alicyclic amines) is 1. The zero-order chi connectivity index (χ0) is 16.2. The molecule has 1 aliphatic rings. The third-order valence-electron chi connectivity index (χ3n) is 3.69. The number of aromatic nitrogens is 1. The highest BCUT2D eigenvalue weighted by atomic mass is 32.2. The molecule has 0 aliphatic carbocycles. The van der Waals surface area contributed by atoms with Crippen molar-refractivity contribution in [2.45, 2.75) is 30.0 Å². The number of hydrogen-bond acceptors (Lipinski definition) is 4. The predicted octanol–water partition coefficient (Wildman–Crippen LogP) is 2.34. The van der Waals surface area contributed by atoms with Crippen molar-refractivity contribution < 1.29 is 23.1 Å². The quantitative estimate of drug-likeness (QED) is 0.859. The van der Waals surface area contributed by atoms with Gasteiger partial charge in [-0.05, 0) is 30.9 Å². The Kier molecular flexibility index (Phi) is 5.69. The predicted molar refractivity (Wildman–Crippen MR) is 76.3 cm³/mol. The fourth-order valence-electron chi connectivity index (χ4n) is 2.40. The first-order valence-corrected chi connectivity index (χ1v) is 7.92. The molecule has 1 saturated heterocycles. The molecule has 0 spiro atoms. The first kappa shape index (κ1) is 17.1. The fourth-order valence-corrected chi connectivity index (χ4v) is 3.19. The Balaban J connectivity index is 1.78. The van der Waals surface area contributed by atoms with E-state index in [4.69, 9.17) is 0 Å². The van der Waals surface area contributed by atoms with E-state index >= 15 is 0 Å². The third-order valence-corrected chi connectivity index (χ3v) is 4.68. The van der Waals surface area contributed by atoms with Crippen LogP contribution < -0.4 is 0 Å². The van der Waals surface area contributed by atoms with Crippen LogP contribution >= 0.6 is 11.8 Å². The minimum atomic E-state index is -4.59. The van der Waals surface area contributed by atoms with Crippen molar-refractivity contribution in [2.24, 2.45) is 5.92 Å². The van der Waals surface area contributed by atoms with Gasteiger partial charge in [0.1, 0.15) is 0 Å². The summed E-state index contributed by atoms with van der Waals surface area (Å²) < 4.78 is 37.4. The van der Waals surface area contributed by atoms with Gasteiger partial charge in [-0.15, -0.1) is 11.8 Å². The standard InChI is InChI=1S/C14H17F3N2O2S/c15-14(16,17)13(21)10-3-7-19(8-4-10)12(20)9-22-11-1-5-18-6-2-11/h1-2,5-6,10,13,21H,3-4,7-9H2. The Labute approximate surface area is 130 Å². The molecule has 4 nitrogen and oxygen atoms in total. The van der Waals surface area contributed by atoms with E-state index in [1.807, 2.05) is 0 Å². The van der Waals surface area contributed by atoms with Crippen molar-refractivity contribution in [2.75, 3.05) is 18.8 Å². The van der Waals surface area contributed by atoms with Crippen molar-refractivity contribution in [3.05, 3.63) is 24.5 Å². The van der Waals surface area contributed by atoms with Gasteiger partial charge in [0.2, 0.25) is 5.91 Å². The van der Waals surface area contributed by atoms with Crippen LogP contribution in [0.3, 0.4) is 0 Å². The molecule has 8 heteroatoms. The van der Waals surface area contributed by atoms with Gasteiger partial charge in [-0.2, -0.15) is 13.2 Å². The Hall–Kier alpha value is -1.28. The molecule has 1 N–H and O–H groups in total. The van der Waals surface area contributed by atoms with Crippen LogP contribution in [-0.4, -0.2) is 52.0 Å². The summed E-state index contributed by atoms with van der Waals surface area (Å²) in [6.45, 7) is 0.515. The van der Waals surface area contributed by atoms with Gasteiger partial charge in [-0.3, -0.25) is 9.78 Å². The van der Waals surface area contributed by atoms with Crippen LogP contribution in [0.2, 0.25) is 0 Å². The summed E-state index contributed by atoms with van der Waals surface area (Å²) in [5.74, 6) is -0.671. The number of amides is 1. The van der Waals surface area contributed by atoms with Gasteiger partial charge < -0.3 is 10.0 Å². The molecule has 1 aromatic rings. The average molecular weight is 334 g/mol. The molecule has 0 bridgehead atoms. The Morgan fingerprint density at radius 1 is 1.36 bits per heavy atom. The lowest BCUT2D eigenvalue weighted by Gasteiger charge is -2.34. The van der Waals surface area contributed by atoms with Crippen LogP contribution in [0.25, 0.3) is 0 Å². The van der Waals surface area contributed by atoms with E-state index < -0.39 is 18.2 Å². The number of alkyl halides is 3. The van der Waals surface area contributed by atoms with Crippen LogP contribution in [0, 0.1) is 5.92 Å². The highest BCUT2D eigenvalue weighted by Gasteiger charge is 2.44. The maximum atomic E-state index is 12.5. The average Bonchev–Trinajstić information content (AvgIpc) is 2.52. The lowest BCUT2D eigenvalue weighted by Crippen LogP contribution is -2.45. The Bertz CT molecular complexity index is 491. The highest BCUT2D eigenvalue weighted by molar-refractivity contribution is 8.00. The van der Waals surface area contributed by atoms with Gasteiger partial charge in [0.05, 0.1) is 5.75 Å². The maximum absolute atomic E-state index is 12.5. The number of carbonyl (C=O) groups is 1. The summed E-state index contributed by atoms with van der Waals surface area (Å²) in [6.07, 6.45) is -3.27. The number of aliphatic hydroxyl groups is 1. The van der Waals surface area contributed by atoms with E-state index in [1.54, 1.807) is 29.4 Å². The summed E-state index contributed by atoms with van der Waals surface area (Å²) in [5, 5.41) is 9.25. The number of rotatable bonds is 4. The topological polar surface area (TPSA) is 53.4 Å². The zero-order valence-electron chi connectivity index (χ0n) is 11.8. The monoisotopic (exact) mass is 334 g/mol. The smallest absolute Gasteiger partial charge is 0.383 e. The lowest BCUT2D eigenvalue weighted by molar-refractivity contribution is -0.222. The van der Waals surface area contributed by atoms with Gasteiger partial charge in [0, 0.05) is 30.4 Å². The van der Waals surface area contributed by atoms with E-state index in [-0.39, 0.29) is 37.6 Å². The molecule has 22 heavy (non-hydrogen) atoms. The Morgan fingerprint density at radius 2 is 1.95 bits per heavy atom. The summed E-state index contributed by atoms with van der Waals surface area (Å²) in [7, 11) is 0. The summed E-state index contributed by atoms with van der Waals surface area (Å²) >= 11 is 1.37. The Morgan fingerprint density at radius 3 is 2.50 bits per heavy atom. The molecule has 0 saturated carbocycles. The van der Waals surface area contributed by atoms with Crippen molar-refractivity contribution >= 4 is 17.7 Å². The van der Waals surface area contributed by atoms with Crippen molar-refractivity contribution in [3.63, 3.8) is 0 Å². The minimum Gasteiger partial charge on any atom is -0.383 e. The number of aliphatic hydroxyl groups excluding tert-OH is 1. The molecule has 0 aromatic carbocycles. The van der Waals surface area contributed by atoms with E-state index in [0.29, 0.717) is 0 Å². The normalized spacial score (nSPS) is 18.3. The number of piperidine rings is 1. The molecule has 122 valence electrons. The van der Waals surface area contributed by atoms with E-state index in [1.165, 1.54) is 11.8 Å². The number of pyridine rings is 1. The molecular formula is C14H17F3N2O2S. The summed E-state index contributed by atoms with van der Waals surface area (Å²) in [5.41, 5.74) is 0. The number of halogens is 3. The second-order valence-corrected chi connectivity index (χ2v) is 6.23. The molecule has 1 fully saturated rings. The number of carbonyl (C=O) groups excluding carboxylic acids is 1. The zero-order valence-corrected chi connectivity index (χ0v) is 12.6. The van der Waals surface area contributed by atoms with E-state index in [2.05, 4.69) is 4.98 Å². The molecule has 2 heterocycles. The largest absolute Gasteiger partial charge is 0.414 e. The molecule has 1 atom stereocenters. The van der Waals surface area contributed by atoms with Crippen LogP contribution in [0.15, 0.2) is 29.4 Å². The maximum Gasteiger partial charge on any atom is 0.414 e. The lowest BCUT2D eigenvalue weighted by atomic mass is 9.91. The van der Waals surface area contributed by atoms with Crippen molar-refractivity contribution in [3.8, 4) is 0 Å². The van der Waals surface area contributed by atoms with Crippen LogP contribution in [0.5, 0.6) is 0 Å². The first-order chi connectivity index (χ1) is 10.4. The molecule has 1 unspecified atom stereocenters. The second kappa shape index (κ2) is 7.32. The van der Waals surface area contributed by atoms with Gasteiger partial charge >= 0.3 is 6.18 Å². The summed E-state index contributed by atoms with van der Waals surface area (Å²) in [4.78, 5) is 18.4. The second-order valence-electron chi connectivity index (χ2n) is 5.18.